The molecular weight excluding hydrogens is 180 g/mol. The number of rotatable bonds is 1. The van der Waals surface area contributed by atoms with Crippen molar-refractivity contribution >= 4 is 17.0 Å². The molecule has 0 spiro atoms. The van der Waals surface area contributed by atoms with Crippen LogP contribution >= 0.6 is 0 Å². The van der Waals surface area contributed by atoms with Crippen LogP contribution in [-0.4, -0.2) is 24.0 Å². The molecule has 0 saturated heterocycles. The number of nitrogens with zero attached hydrogens (tertiary/aromatic N) is 2. The van der Waals surface area contributed by atoms with Crippen LogP contribution in [0, 0.1) is 0 Å². The van der Waals surface area contributed by atoms with E-state index in [-0.39, 0.29) is 0 Å². The zero-order valence-corrected chi connectivity index (χ0v) is 7.43. The van der Waals surface area contributed by atoms with E-state index in [0.717, 1.165) is 11.1 Å². The summed E-state index contributed by atoms with van der Waals surface area (Å²) in [5.41, 5.74) is 1.60. The van der Waals surface area contributed by atoms with Gasteiger partial charge < -0.3 is 9.15 Å². The van der Waals surface area contributed by atoms with Gasteiger partial charge in [0.05, 0.1) is 6.54 Å². The molecule has 0 fully saturated rings. The second-order valence-electron chi connectivity index (χ2n) is 3.02. The first-order valence-corrected chi connectivity index (χ1v) is 4.47. The van der Waals surface area contributed by atoms with Gasteiger partial charge in [-0.05, 0) is 12.1 Å². The Labute approximate surface area is 80.2 Å². The van der Waals surface area contributed by atoms with Gasteiger partial charge in [-0.3, -0.25) is 0 Å². The number of aromatic nitrogens is 1. The Balaban J connectivity index is 2.14. The third-order valence-electron chi connectivity index (χ3n) is 2.06. The van der Waals surface area contributed by atoms with Crippen molar-refractivity contribution in [1.29, 1.82) is 0 Å². The second kappa shape index (κ2) is 2.83. The Kier molecular flexibility index (Phi) is 1.53. The third-order valence-corrected chi connectivity index (χ3v) is 2.06. The molecule has 1 aliphatic heterocycles. The van der Waals surface area contributed by atoms with Crippen LogP contribution < -0.4 is 0 Å². The highest BCUT2D eigenvalue weighted by Gasteiger charge is 2.16. The molecule has 0 aliphatic carbocycles. The lowest BCUT2D eigenvalue weighted by molar-refractivity contribution is 0.338. The maximum atomic E-state index is 5.49. The topological polar surface area (TPSA) is 47.6 Å². The Morgan fingerprint density at radius 3 is 2.93 bits per heavy atom. The van der Waals surface area contributed by atoms with Gasteiger partial charge in [0.2, 0.25) is 0 Å². The molecule has 0 bridgehead atoms. The van der Waals surface area contributed by atoms with Crippen molar-refractivity contribution < 1.29 is 9.15 Å². The third kappa shape index (κ3) is 1.08. The number of oxazole rings is 1. The van der Waals surface area contributed by atoms with Gasteiger partial charge in [0.25, 0.3) is 11.8 Å². The fourth-order valence-electron chi connectivity index (χ4n) is 1.43. The first-order chi connectivity index (χ1) is 6.93. The van der Waals surface area contributed by atoms with Crippen molar-refractivity contribution in [1.82, 2.24) is 4.98 Å². The van der Waals surface area contributed by atoms with Crippen LogP contribution in [0.15, 0.2) is 33.7 Å². The fourth-order valence-corrected chi connectivity index (χ4v) is 1.43. The first kappa shape index (κ1) is 7.55. The molecule has 0 atom stereocenters. The van der Waals surface area contributed by atoms with Crippen LogP contribution in [0.5, 0.6) is 0 Å². The molecule has 0 N–H and O–H groups in total. The van der Waals surface area contributed by atoms with E-state index in [4.69, 9.17) is 9.15 Å². The molecule has 3 rings (SSSR count). The number of fused-ring (bicyclic) bond motifs is 1. The van der Waals surface area contributed by atoms with Gasteiger partial charge in [0, 0.05) is 0 Å². The number of para-hydroxylation sites is 2. The Morgan fingerprint density at radius 2 is 2.14 bits per heavy atom. The molecule has 0 saturated carbocycles. The predicted octanol–water partition coefficient (Wildman–Crippen LogP) is 1.60. The maximum Gasteiger partial charge on any atom is 0.283 e. The van der Waals surface area contributed by atoms with Crippen molar-refractivity contribution in [3.05, 3.63) is 30.2 Å². The van der Waals surface area contributed by atoms with Crippen LogP contribution in [0.3, 0.4) is 0 Å². The van der Waals surface area contributed by atoms with Gasteiger partial charge in [-0.15, -0.1) is 0 Å². The van der Waals surface area contributed by atoms with E-state index < -0.39 is 0 Å². The second-order valence-corrected chi connectivity index (χ2v) is 3.02. The summed E-state index contributed by atoms with van der Waals surface area (Å²) in [4.78, 5) is 8.41. The summed E-state index contributed by atoms with van der Waals surface area (Å²) >= 11 is 0. The molecule has 70 valence electrons. The van der Waals surface area contributed by atoms with Gasteiger partial charge in [0.1, 0.15) is 12.1 Å². The summed E-state index contributed by atoms with van der Waals surface area (Å²) in [5.74, 6) is 0.991. The summed E-state index contributed by atoms with van der Waals surface area (Å²) < 4.78 is 10.7. The van der Waals surface area contributed by atoms with Gasteiger partial charge in [-0.25, -0.2) is 9.98 Å². The number of ether oxygens (including phenoxy) is 1. The molecule has 14 heavy (non-hydrogen) atoms. The number of hydrogen-bond acceptors (Lipinski definition) is 4. The molecule has 2 heterocycles. The van der Waals surface area contributed by atoms with Crippen LogP contribution in [-0.2, 0) is 4.74 Å². The molecule has 0 amide bonds. The quantitative estimate of drug-likeness (QED) is 0.683. The number of aliphatic imine (C=N–C) groups is 1. The Hall–Kier alpha value is -1.84. The van der Waals surface area contributed by atoms with Gasteiger partial charge in [-0.1, -0.05) is 12.1 Å². The van der Waals surface area contributed by atoms with Crippen molar-refractivity contribution in [3.8, 4) is 0 Å². The Morgan fingerprint density at radius 1 is 1.21 bits per heavy atom. The van der Waals surface area contributed by atoms with E-state index in [1.54, 1.807) is 0 Å². The van der Waals surface area contributed by atoms with E-state index in [1.807, 2.05) is 24.3 Å². The highest BCUT2D eigenvalue weighted by molar-refractivity contribution is 5.92. The van der Waals surface area contributed by atoms with Crippen molar-refractivity contribution in [3.63, 3.8) is 0 Å². The first-order valence-electron chi connectivity index (χ1n) is 4.47. The average molecular weight is 188 g/mol. The van der Waals surface area contributed by atoms with Crippen molar-refractivity contribution in [2.75, 3.05) is 13.2 Å². The van der Waals surface area contributed by atoms with Crippen LogP contribution in [0.2, 0.25) is 0 Å². The smallest absolute Gasteiger partial charge is 0.283 e. The predicted molar refractivity (Wildman–Crippen MR) is 51.4 cm³/mol. The van der Waals surface area contributed by atoms with E-state index in [9.17, 15) is 0 Å². The zero-order valence-electron chi connectivity index (χ0n) is 7.43. The minimum absolute atomic E-state index is 0.476. The summed E-state index contributed by atoms with van der Waals surface area (Å²) in [6.45, 7) is 1.31. The van der Waals surface area contributed by atoms with Crippen LogP contribution in [0.1, 0.15) is 5.89 Å². The van der Waals surface area contributed by atoms with Crippen LogP contribution in [0.4, 0.5) is 0 Å². The summed E-state index contributed by atoms with van der Waals surface area (Å²) in [7, 11) is 0. The lowest BCUT2D eigenvalue weighted by Crippen LogP contribution is -2.00. The van der Waals surface area contributed by atoms with E-state index in [2.05, 4.69) is 9.98 Å². The van der Waals surface area contributed by atoms with E-state index in [1.165, 1.54) is 0 Å². The standard InChI is InChI=1S/C10H8N2O2/c1-2-4-8-7(3-1)12-10(14-8)9-11-5-6-13-9/h1-4H,5-6H2. The van der Waals surface area contributed by atoms with Gasteiger partial charge in [-0.2, -0.15) is 0 Å². The molecule has 1 aromatic heterocycles. The fraction of sp³-hybridized carbons (Fsp3) is 0.200. The SMILES string of the molecule is c1ccc2oc(C3=NCCO3)nc2c1. The summed E-state index contributed by atoms with van der Waals surface area (Å²) in [6.07, 6.45) is 0. The van der Waals surface area contributed by atoms with Crippen molar-refractivity contribution in [2.45, 2.75) is 0 Å². The summed E-state index contributed by atoms with van der Waals surface area (Å²) in [6, 6.07) is 7.61. The van der Waals surface area contributed by atoms with Gasteiger partial charge >= 0.3 is 0 Å². The number of hydrogen-bond donors (Lipinski definition) is 0. The highest BCUT2D eigenvalue weighted by Crippen LogP contribution is 2.16. The zero-order chi connectivity index (χ0) is 9.38. The minimum atomic E-state index is 0.476. The molecule has 1 aromatic carbocycles. The lowest BCUT2D eigenvalue weighted by Gasteiger charge is -1.92. The largest absolute Gasteiger partial charge is 0.472 e. The average Bonchev–Trinajstić information content (AvgIpc) is 2.86. The molecule has 0 radical (unpaired) electrons. The molecule has 1 aliphatic rings. The van der Waals surface area contributed by atoms with E-state index >= 15 is 0 Å². The Bertz CT molecular complexity index is 469. The number of benzene rings is 1. The minimum Gasteiger partial charge on any atom is -0.472 e. The molecule has 0 unspecified atom stereocenters. The molecule has 4 nitrogen and oxygen atoms in total. The monoisotopic (exact) mass is 188 g/mol. The molecular formula is C10H8N2O2. The van der Waals surface area contributed by atoms with Crippen LogP contribution in [0.25, 0.3) is 11.1 Å². The van der Waals surface area contributed by atoms with Gasteiger partial charge in [0.15, 0.2) is 5.58 Å². The summed E-state index contributed by atoms with van der Waals surface area (Å²) in [5, 5.41) is 0. The normalized spacial score (nSPS) is 15.6. The highest BCUT2D eigenvalue weighted by atomic mass is 16.5. The molecule has 4 heteroatoms. The molecule has 2 aromatic rings. The van der Waals surface area contributed by atoms with Crippen molar-refractivity contribution in [2.24, 2.45) is 4.99 Å². The maximum absolute atomic E-state index is 5.49. The lowest BCUT2D eigenvalue weighted by atomic mass is 10.3. The van der Waals surface area contributed by atoms with E-state index in [0.29, 0.717) is 24.9 Å².